The first-order chi connectivity index (χ1) is 13.1. The Morgan fingerprint density at radius 1 is 1.15 bits per heavy atom. The van der Waals surface area contributed by atoms with Crippen LogP contribution in [0.25, 0.3) is 23.2 Å². The van der Waals surface area contributed by atoms with Gasteiger partial charge in [-0.05, 0) is 35.9 Å². The zero-order chi connectivity index (χ0) is 18.8. The van der Waals surface area contributed by atoms with Crippen LogP contribution in [-0.4, -0.2) is 28.7 Å². The summed E-state index contributed by atoms with van der Waals surface area (Å²) in [5.74, 6) is 1.66. The quantitative estimate of drug-likeness (QED) is 0.746. The number of aromatic amines is 1. The highest BCUT2D eigenvalue weighted by Gasteiger charge is 2.21. The van der Waals surface area contributed by atoms with Crippen LogP contribution in [0, 0.1) is 5.92 Å². The number of carbonyl (C=O) groups is 1. The monoisotopic (exact) mass is 360 g/mol. The highest BCUT2D eigenvalue weighted by atomic mass is 16.5. The van der Waals surface area contributed by atoms with Gasteiger partial charge in [0.2, 0.25) is 5.91 Å². The van der Waals surface area contributed by atoms with Crippen molar-refractivity contribution in [2.75, 3.05) is 7.11 Å². The third-order valence-corrected chi connectivity index (χ3v) is 4.61. The number of nitrogens with one attached hydrogen (secondary N) is 2. The summed E-state index contributed by atoms with van der Waals surface area (Å²) in [4.78, 5) is 19.4. The highest BCUT2D eigenvalue weighted by molar-refractivity contribution is 6.07. The molecule has 2 aromatic carbocycles. The summed E-state index contributed by atoms with van der Waals surface area (Å²) in [6, 6.07) is 13.8. The van der Waals surface area contributed by atoms with E-state index in [-0.39, 0.29) is 11.8 Å². The summed E-state index contributed by atoms with van der Waals surface area (Å²) in [6.07, 6.45) is 4.40. The van der Waals surface area contributed by atoms with E-state index in [1.165, 1.54) is 0 Å². The zero-order valence-corrected chi connectivity index (χ0v) is 15.2. The number of hydrazone groups is 1. The van der Waals surface area contributed by atoms with Crippen LogP contribution in [0.4, 0.5) is 0 Å². The summed E-state index contributed by atoms with van der Waals surface area (Å²) in [7, 11) is 1.65. The molecule has 0 fully saturated rings. The molecule has 136 valence electrons. The predicted molar refractivity (Wildman–Crippen MR) is 106 cm³/mol. The minimum atomic E-state index is -0.0435. The van der Waals surface area contributed by atoms with Crippen LogP contribution in [0.5, 0.6) is 5.75 Å². The first-order valence-corrected chi connectivity index (χ1v) is 8.81. The molecule has 0 saturated carbocycles. The second kappa shape index (κ2) is 7.07. The lowest BCUT2D eigenvalue weighted by atomic mass is 9.94. The number of carbonyl (C=O) groups excluding carboxylic acids is 1. The van der Waals surface area contributed by atoms with E-state index in [1.807, 2.05) is 61.5 Å². The maximum Gasteiger partial charge on any atom is 0.240 e. The van der Waals surface area contributed by atoms with E-state index in [0.29, 0.717) is 6.42 Å². The van der Waals surface area contributed by atoms with Gasteiger partial charge in [0.05, 0.1) is 23.9 Å². The van der Waals surface area contributed by atoms with Crippen LogP contribution in [0.2, 0.25) is 0 Å². The maximum atomic E-state index is 11.4. The minimum absolute atomic E-state index is 0.0435. The molecule has 1 atom stereocenters. The van der Waals surface area contributed by atoms with Crippen molar-refractivity contribution in [3.63, 3.8) is 0 Å². The van der Waals surface area contributed by atoms with Gasteiger partial charge < -0.3 is 9.72 Å². The van der Waals surface area contributed by atoms with Crippen LogP contribution in [0.1, 0.15) is 30.3 Å². The number of amides is 1. The summed E-state index contributed by atoms with van der Waals surface area (Å²) < 4.78 is 5.17. The van der Waals surface area contributed by atoms with Crippen molar-refractivity contribution in [2.24, 2.45) is 11.0 Å². The van der Waals surface area contributed by atoms with Gasteiger partial charge in [0.25, 0.3) is 0 Å². The molecule has 6 nitrogen and oxygen atoms in total. The molecule has 4 rings (SSSR count). The van der Waals surface area contributed by atoms with E-state index in [4.69, 9.17) is 4.74 Å². The number of benzene rings is 2. The predicted octanol–water partition coefficient (Wildman–Crippen LogP) is 3.60. The van der Waals surface area contributed by atoms with E-state index in [2.05, 4.69) is 20.5 Å². The highest BCUT2D eigenvalue weighted by Crippen LogP contribution is 2.21. The largest absolute Gasteiger partial charge is 0.497 e. The average Bonchev–Trinajstić information content (AvgIpc) is 3.09. The summed E-state index contributed by atoms with van der Waals surface area (Å²) in [5, 5.41) is 4.22. The van der Waals surface area contributed by atoms with Crippen molar-refractivity contribution in [1.29, 1.82) is 0 Å². The Balaban J connectivity index is 1.59. The van der Waals surface area contributed by atoms with Gasteiger partial charge in [-0.2, -0.15) is 5.10 Å². The number of hydrogen-bond acceptors (Lipinski definition) is 4. The molecule has 0 aliphatic carbocycles. The Kier molecular flexibility index (Phi) is 4.46. The van der Waals surface area contributed by atoms with Gasteiger partial charge in [-0.15, -0.1) is 0 Å². The van der Waals surface area contributed by atoms with Crippen molar-refractivity contribution in [1.82, 2.24) is 15.4 Å². The molecular formula is C21H20N4O2. The molecular weight excluding hydrogens is 340 g/mol. The number of rotatable bonds is 4. The zero-order valence-electron chi connectivity index (χ0n) is 15.2. The maximum absolute atomic E-state index is 11.4. The molecule has 3 aromatic rings. The molecule has 1 unspecified atom stereocenters. The number of hydrogen-bond donors (Lipinski definition) is 2. The average molecular weight is 360 g/mol. The second-order valence-electron chi connectivity index (χ2n) is 6.60. The van der Waals surface area contributed by atoms with Crippen molar-refractivity contribution in [3.8, 4) is 5.75 Å². The minimum Gasteiger partial charge on any atom is -0.497 e. The molecule has 6 heteroatoms. The molecule has 1 aromatic heterocycles. The van der Waals surface area contributed by atoms with Gasteiger partial charge in [0.15, 0.2) is 0 Å². The normalized spacial score (nSPS) is 17.2. The number of H-pyrrole nitrogens is 1. The third kappa shape index (κ3) is 3.60. The van der Waals surface area contributed by atoms with E-state index in [0.717, 1.165) is 39.4 Å². The van der Waals surface area contributed by atoms with Gasteiger partial charge in [-0.25, -0.2) is 10.4 Å². The number of methoxy groups -OCH3 is 1. The standard InChI is InChI=1S/C21H20N4O2/c1-13-11-20(26)24-25-21(13)15-6-9-17-18(12-15)23-19(22-17)10-5-14-3-7-16(27-2)8-4-14/h3-10,12-13H,11H2,1-2H3,(H,22,23)(H,24,26). The summed E-state index contributed by atoms with van der Waals surface area (Å²) in [5.41, 5.74) is 7.32. The van der Waals surface area contributed by atoms with Crippen molar-refractivity contribution < 1.29 is 9.53 Å². The SMILES string of the molecule is COc1ccc(C=Cc2nc3cc(C4=NNC(=O)CC4C)ccc3[nH]2)cc1. The molecule has 0 saturated heterocycles. The van der Waals surface area contributed by atoms with Crippen molar-refractivity contribution >= 4 is 34.8 Å². The number of ether oxygens (including phenoxy) is 1. The number of aromatic nitrogens is 2. The van der Waals surface area contributed by atoms with Crippen LogP contribution in [0.3, 0.4) is 0 Å². The van der Waals surface area contributed by atoms with E-state index < -0.39 is 0 Å². The first-order valence-electron chi connectivity index (χ1n) is 8.81. The molecule has 1 amide bonds. The number of fused-ring (bicyclic) bond motifs is 1. The summed E-state index contributed by atoms with van der Waals surface area (Å²) >= 11 is 0. The fraction of sp³-hybridized carbons (Fsp3) is 0.190. The van der Waals surface area contributed by atoms with Gasteiger partial charge in [0.1, 0.15) is 11.6 Å². The van der Waals surface area contributed by atoms with Gasteiger partial charge in [-0.3, -0.25) is 4.79 Å². The molecule has 27 heavy (non-hydrogen) atoms. The van der Waals surface area contributed by atoms with Crippen LogP contribution >= 0.6 is 0 Å². The molecule has 0 bridgehead atoms. The lowest BCUT2D eigenvalue weighted by molar-refractivity contribution is -0.121. The van der Waals surface area contributed by atoms with Crippen LogP contribution in [0.15, 0.2) is 47.6 Å². The topological polar surface area (TPSA) is 79.4 Å². The van der Waals surface area contributed by atoms with Crippen molar-refractivity contribution in [2.45, 2.75) is 13.3 Å². The number of imidazole rings is 1. The lowest BCUT2D eigenvalue weighted by Crippen LogP contribution is -2.31. The Bertz CT molecular complexity index is 1050. The van der Waals surface area contributed by atoms with E-state index in [9.17, 15) is 4.79 Å². The lowest BCUT2D eigenvalue weighted by Gasteiger charge is -2.18. The Morgan fingerprint density at radius 3 is 2.70 bits per heavy atom. The smallest absolute Gasteiger partial charge is 0.240 e. The van der Waals surface area contributed by atoms with E-state index in [1.54, 1.807) is 7.11 Å². The molecule has 0 radical (unpaired) electrons. The third-order valence-electron chi connectivity index (χ3n) is 4.61. The van der Waals surface area contributed by atoms with Gasteiger partial charge >= 0.3 is 0 Å². The summed E-state index contributed by atoms with van der Waals surface area (Å²) in [6.45, 7) is 2.01. The fourth-order valence-corrected chi connectivity index (χ4v) is 3.16. The molecule has 1 aliphatic rings. The van der Waals surface area contributed by atoms with Crippen LogP contribution in [-0.2, 0) is 4.79 Å². The van der Waals surface area contributed by atoms with E-state index >= 15 is 0 Å². The number of nitrogens with zero attached hydrogens (tertiary/aromatic N) is 2. The first kappa shape index (κ1) is 17.0. The second-order valence-corrected chi connectivity index (χ2v) is 6.60. The van der Waals surface area contributed by atoms with Gasteiger partial charge in [0, 0.05) is 17.9 Å². The Labute approximate surface area is 157 Å². The fourth-order valence-electron chi connectivity index (χ4n) is 3.16. The van der Waals surface area contributed by atoms with Gasteiger partial charge in [-0.1, -0.05) is 31.2 Å². The van der Waals surface area contributed by atoms with Crippen molar-refractivity contribution in [3.05, 3.63) is 59.4 Å². The molecule has 2 heterocycles. The molecule has 2 N–H and O–H groups in total. The van der Waals surface area contributed by atoms with Crippen LogP contribution < -0.4 is 10.2 Å². The Hall–Kier alpha value is -3.41. The molecule has 0 spiro atoms. The molecule has 1 aliphatic heterocycles. The Morgan fingerprint density at radius 2 is 1.96 bits per heavy atom.